The molecule has 6 heteroatoms. The maximum Gasteiger partial charge on any atom is 0.257 e. The van der Waals surface area contributed by atoms with Crippen LogP contribution in [0, 0.1) is 6.92 Å². The highest BCUT2D eigenvalue weighted by Crippen LogP contribution is 2.22. The molecule has 1 heterocycles. The molecule has 0 radical (unpaired) electrons. The van der Waals surface area contributed by atoms with Crippen molar-refractivity contribution in [2.75, 3.05) is 13.2 Å². The Bertz CT molecular complexity index is 876. The van der Waals surface area contributed by atoms with E-state index in [-0.39, 0.29) is 12.5 Å². The number of halogens is 1. The van der Waals surface area contributed by atoms with Crippen LogP contribution in [0.15, 0.2) is 48.7 Å². The zero-order valence-corrected chi connectivity index (χ0v) is 14.8. The van der Waals surface area contributed by atoms with Gasteiger partial charge in [-0.1, -0.05) is 35.9 Å². The quantitative estimate of drug-likeness (QED) is 0.657. The third-order valence-electron chi connectivity index (χ3n) is 3.96. The molecule has 1 aromatic heterocycles. The van der Waals surface area contributed by atoms with Crippen molar-refractivity contribution in [1.29, 1.82) is 0 Å². The summed E-state index contributed by atoms with van der Waals surface area (Å²) >= 11 is 6.15. The Morgan fingerprint density at radius 1 is 1.24 bits per heavy atom. The fraction of sp³-hybridized carbons (Fsp3) is 0.263. The summed E-state index contributed by atoms with van der Waals surface area (Å²) in [6.07, 6.45) is 2.55. The van der Waals surface area contributed by atoms with Crippen LogP contribution in [-0.4, -0.2) is 28.8 Å². The number of ether oxygens (including phenoxy) is 1. The van der Waals surface area contributed by atoms with Gasteiger partial charge in [-0.25, -0.2) is 0 Å². The van der Waals surface area contributed by atoms with Crippen molar-refractivity contribution < 1.29 is 9.53 Å². The van der Waals surface area contributed by atoms with Crippen molar-refractivity contribution in [2.24, 2.45) is 0 Å². The molecule has 0 aliphatic carbocycles. The first-order valence-corrected chi connectivity index (χ1v) is 8.58. The summed E-state index contributed by atoms with van der Waals surface area (Å²) in [4.78, 5) is 11.9. The predicted octanol–water partition coefficient (Wildman–Crippen LogP) is 3.58. The van der Waals surface area contributed by atoms with Crippen molar-refractivity contribution in [3.63, 3.8) is 0 Å². The normalized spacial score (nSPS) is 10.8. The van der Waals surface area contributed by atoms with Gasteiger partial charge < -0.3 is 10.1 Å². The van der Waals surface area contributed by atoms with Crippen LogP contribution in [0.25, 0.3) is 10.9 Å². The number of para-hydroxylation sites is 1. The molecule has 0 bridgehead atoms. The summed E-state index contributed by atoms with van der Waals surface area (Å²) in [5.74, 6) is 0.606. The van der Waals surface area contributed by atoms with Crippen LogP contribution < -0.4 is 10.1 Å². The fourth-order valence-electron chi connectivity index (χ4n) is 2.62. The fourth-order valence-corrected chi connectivity index (χ4v) is 2.83. The number of nitrogens with zero attached hydrogens (tertiary/aromatic N) is 2. The van der Waals surface area contributed by atoms with Crippen molar-refractivity contribution in [2.45, 2.75) is 19.9 Å². The average Bonchev–Trinajstić information content (AvgIpc) is 3.03. The first kappa shape index (κ1) is 17.3. The minimum atomic E-state index is -0.128. The molecule has 0 aliphatic heterocycles. The van der Waals surface area contributed by atoms with Gasteiger partial charge in [0.25, 0.3) is 5.91 Å². The van der Waals surface area contributed by atoms with E-state index in [0.29, 0.717) is 18.1 Å². The van der Waals surface area contributed by atoms with E-state index in [2.05, 4.69) is 10.4 Å². The topological polar surface area (TPSA) is 56.1 Å². The second-order valence-corrected chi connectivity index (χ2v) is 6.21. The number of fused-ring (bicyclic) bond motifs is 1. The second-order valence-electron chi connectivity index (χ2n) is 5.80. The number of nitrogens with one attached hydrogen (secondary N) is 1. The maximum absolute atomic E-state index is 11.9. The number of carbonyl (C=O) groups excluding carboxylic acids is 1. The Labute approximate surface area is 151 Å². The molecule has 0 unspecified atom stereocenters. The molecule has 0 atom stereocenters. The lowest BCUT2D eigenvalue weighted by molar-refractivity contribution is -0.123. The Kier molecular flexibility index (Phi) is 5.56. The second kappa shape index (κ2) is 8.03. The molecule has 3 aromatic rings. The maximum atomic E-state index is 11.9. The Balaban J connectivity index is 1.43. The largest absolute Gasteiger partial charge is 0.484 e. The van der Waals surface area contributed by atoms with E-state index in [1.807, 2.05) is 54.1 Å². The third kappa shape index (κ3) is 4.31. The molecule has 130 valence electrons. The van der Waals surface area contributed by atoms with Crippen LogP contribution in [0.4, 0.5) is 0 Å². The lowest BCUT2D eigenvalue weighted by atomic mass is 10.2. The molecule has 2 aromatic carbocycles. The van der Waals surface area contributed by atoms with Gasteiger partial charge in [0.05, 0.1) is 16.7 Å². The molecule has 0 spiro atoms. The predicted molar refractivity (Wildman–Crippen MR) is 99.0 cm³/mol. The summed E-state index contributed by atoms with van der Waals surface area (Å²) in [7, 11) is 0. The SMILES string of the molecule is Cc1ccccc1OCC(=O)NCCCn1ncc2c(Cl)cccc21. The lowest BCUT2D eigenvalue weighted by Crippen LogP contribution is -2.30. The molecule has 0 saturated carbocycles. The van der Waals surface area contributed by atoms with Gasteiger partial charge in [-0.2, -0.15) is 5.10 Å². The van der Waals surface area contributed by atoms with E-state index in [4.69, 9.17) is 16.3 Å². The monoisotopic (exact) mass is 357 g/mol. The van der Waals surface area contributed by atoms with Crippen molar-refractivity contribution in [3.8, 4) is 5.75 Å². The van der Waals surface area contributed by atoms with E-state index in [1.54, 1.807) is 6.20 Å². The number of aryl methyl sites for hydroxylation is 2. The van der Waals surface area contributed by atoms with Gasteiger partial charge in [0.15, 0.2) is 6.61 Å². The van der Waals surface area contributed by atoms with Crippen molar-refractivity contribution >= 4 is 28.4 Å². The highest BCUT2D eigenvalue weighted by molar-refractivity contribution is 6.35. The molecule has 0 aliphatic rings. The van der Waals surface area contributed by atoms with Gasteiger partial charge in [0.1, 0.15) is 5.75 Å². The number of amides is 1. The van der Waals surface area contributed by atoms with Crippen molar-refractivity contribution in [1.82, 2.24) is 15.1 Å². The van der Waals surface area contributed by atoms with Gasteiger partial charge in [-0.3, -0.25) is 9.48 Å². The average molecular weight is 358 g/mol. The summed E-state index contributed by atoms with van der Waals surface area (Å²) in [5.41, 5.74) is 2.02. The Hall–Kier alpha value is -2.53. The van der Waals surface area contributed by atoms with Gasteiger partial charge >= 0.3 is 0 Å². The summed E-state index contributed by atoms with van der Waals surface area (Å²) in [5, 5.41) is 8.86. The van der Waals surface area contributed by atoms with Gasteiger partial charge in [-0.15, -0.1) is 0 Å². The van der Waals surface area contributed by atoms with Crippen LogP contribution in [0.2, 0.25) is 5.02 Å². The zero-order valence-electron chi connectivity index (χ0n) is 14.0. The van der Waals surface area contributed by atoms with E-state index in [0.717, 1.165) is 28.6 Å². The number of hydrogen-bond acceptors (Lipinski definition) is 3. The van der Waals surface area contributed by atoms with Crippen LogP contribution in [-0.2, 0) is 11.3 Å². The Morgan fingerprint density at radius 3 is 2.92 bits per heavy atom. The summed E-state index contributed by atoms with van der Waals surface area (Å²) < 4.78 is 7.43. The number of benzene rings is 2. The Morgan fingerprint density at radius 2 is 2.08 bits per heavy atom. The van der Waals surface area contributed by atoms with E-state index in [9.17, 15) is 4.79 Å². The molecule has 5 nitrogen and oxygen atoms in total. The first-order valence-electron chi connectivity index (χ1n) is 8.20. The van der Waals surface area contributed by atoms with Gasteiger partial charge in [0.2, 0.25) is 0 Å². The highest BCUT2D eigenvalue weighted by Gasteiger charge is 2.06. The molecule has 3 rings (SSSR count). The number of aromatic nitrogens is 2. The van der Waals surface area contributed by atoms with Crippen molar-refractivity contribution in [3.05, 3.63) is 59.2 Å². The summed E-state index contributed by atoms with van der Waals surface area (Å²) in [6, 6.07) is 13.4. The summed E-state index contributed by atoms with van der Waals surface area (Å²) in [6.45, 7) is 3.25. The number of carbonyl (C=O) groups is 1. The molecule has 1 N–H and O–H groups in total. The molecule has 0 fully saturated rings. The molecule has 1 amide bonds. The third-order valence-corrected chi connectivity index (χ3v) is 4.29. The molecule has 0 saturated heterocycles. The van der Waals surface area contributed by atoms with E-state index in [1.165, 1.54) is 0 Å². The minimum absolute atomic E-state index is 0.0190. The highest BCUT2D eigenvalue weighted by atomic mass is 35.5. The van der Waals surface area contributed by atoms with Gasteiger partial charge in [-0.05, 0) is 37.1 Å². The minimum Gasteiger partial charge on any atom is -0.484 e. The standard InChI is InChI=1S/C19H20ClN3O2/c1-14-6-2-3-9-18(14)25-13-19(24)21-10-5-11-23-17-8-4-7-16(20)15(17)12-22-23/h2-4,6-9,12H,5,10-11,13H2,1H3,(H,21,24). The van der Waals surface area contributed by atoms with Crippen LogP contribution >= 0.6 is 11.6 Å². The smallest absolute Gasteiger partial charge is 0.257 e. The van der Waals surface area contributed by atoms with Crippen LogP contribution in [0.1, 0.15) is 12.0 Å². The lowest BCUT2D eigenvalue weighted by Gasteiger charge is -2.09. The van der Waals surface area contributed by atoms with E-state index >= 15 is 0 Å². The van der Waals surface area contributed by atoms with Gasteiger partial charge in [0, 0.05) is 18.5 Å². The van der Waals surface area contributed by atoms with Crippen LogP contribution in [0.3, 0.4) is 0 Å². The number of hydrogen-bond donors (Lipinski definition) is 1. The molecular weight excluding hydrogens is 338 g/mol. The molecular formula is C19H20ClN3O2. The van der Waals surface area contributed by atoms with Crippen LogP contribution in [0.5, 0.6) is 5.75 Å². The first-order chi connectivity index (χ1) is 12.1. The zero-order chi connectivity index (χ0) is 17.6. The van der Waals surface area contributed by atoms with E-state index < -0.39 is 0 Å². The number of rotatable bonds is 7. The molecule has 25 heavy (non-hydrogen) atoms.